The van der Waals surface area contributed by atoms with E-state index < -0.39 is 5.41 Å². The van der Waals surface area contributed by atoms with Crippen LogP contribution in [0.4, 0.5) is 0 Å². The van der Waals surface area contributed by atoms with Crippen molar-refractivity contribution in [2.45, 2.75) is 43.7 Å². The summed E-state index contributed by atoms with van der Waals surface area (Å²) in [7, 11) is 0. The lowest BCUT2D eigenvalue weighted by atomic mass is 9.75. The van der Waals surface area contributed by atoms with E-state index >= 15 is 0 Å². The molecule has 0 saturated carbocycles. The maximum absolute atomic E-state index is 13.8. The molecule has 1 aromatic carbocycles. The number of pyridine rings is 1. The Morgan fingerprint density at radius 3 is 2.34 bits per heavy atom. The minimum atomic E-state index is -1.15. The molecule has 184 valence electrons. The zero-order chi connectivity index (χ0) is 24.3. The van der Waals surface area contributed by atoms with Gasteiger partial charge in [0.15, 0.2) is 0 Å². The van der Waals surface area contributed by atoms with Crippen molar-refractivity contribution in [1.82, 2.24) is 19.7 Å². The van der Waals surface area contributed by atoms with Crippen molar-refractivity contribution in [2.24, 2.45) is 0 Å². The molecule has 3 aliphatic rings. The first-order chi connectivity index (χ1) is 17.1. The summed E-state index contributed by atoms with van der Waals surface area (Å²) in [6.45, 7) is 3.87. The molecule has 3 saturated heterocycles. The van der Waals surface area contributed by atoms with Crippen LogP contribution in [0, 0.1) is 0 Å². The highest BCUT2D eigenvalue weighted by Gasteiger charge is 2.54. The van der Waals surface area contributed by atoms with E-state index in [1.165, 1.54) is 16.4 Å². The van der Waals surface area contributed by atoms with E-state index in [-0.39, 0.29) is 37.1 Å². The summed E-state index contributed by atoms with van der Waals surface area (Å²) in [5.41, 5.74) is 0.434. The predicted octanol–water partition coefficient (Wildman–Crippen LogP) is 2.71. The maximum atomic E-state index is 13.8. The van der Waals surface area contributed by atoms with Crippen LogP contribution < -0.4 is 0 Å². The molecule has 0 N–H and O–H groups in total. The molecule has 3 amide bonds. The van der Waals surface area contributed by atoms with Crippen LogP contribution >= 0.6 is 11.8 Å². The van der Waals surface area contributed by atoms with Crippen molar-refractivity contribution >= 4 is 29.5 Å². The second-order valence-corrected chi connectivity index (χ2v) is 10.9. The normalized spacial score (nSPS) is 24.2. The smallest absolute Gasteiger partial charge is 0.241 e. The van der Waals surface area contributed by atoms with Gasteiger partial charge >= 0.3 is 0 Å². The highest BCUT2D eigenvalue weighted by atomic mass is 32.2. The minimum absolute atomic E-state index is 0.0224. The molecule has 0 aliphatic carbocycles. The number of rotatable bonds is 6. The second kappa shape index (κ2) is 10.5. The van der Waals surface area contributed by atoms with Crippen LogP contribution in [0.5, 0.6) is 0 Å². The first-order valence-corrected chi connectivity index (χ1v) is 13.6. The number of amides is 3. The average molecular weight is 493 g/mol. The molecule has 4 heterocycles. The molecular weight excluding hydrogens is 460 g/mol. The number of hydrogen-bond acceptors (Lipinski definition) is 6. The van der Waals surface area contributed by atoms with E-state index in [1.807, 2.05) is 47.0 Å². The molecular formula is C27H32N4O3S. The van der Waals surface area contributed by atoms with Gasteiger partial charge in [-0.05, 0) is 36.1 Å². The van der Waals surface area contributed by atoms with Gasteiger partial charge in [-0.25, -0.2) is 0 Å². The van der Waals surface area contributed by atoms with Gasteiger partial charge in [0.25, 0.3) is 0 Å². The van der Waals surface area contributed by atoms with E-state index in [1.54, 1.807) is 24.5 Å². The SMILES string of the molecule is O=C(C[C@@]1(c2ccccc2)CC(=O)N(Cc2ccncc2)C1=O)N1CCC(N2CCSCC2)CC1. The van der Waals surface area contributed by atoms with Crippen molar-refractivity contribution in [3.8, 4) is 0 Å². The third-order valence-electron chi connectivity index (χ3n) is 7.66. The first-order valence-electron chi connectivity index (χ1n) is 12.5. The molecule has 1 aromatic heterocycles. The van der Waals surface area contributed by atoms with E-state index in [9.17, 15) is 14.4 Å². The van der Waals surface area contributed by atoms with E-state index in [0.29, 0.717) is 19.1 Å². The molecule has 0 unspecified atom stereocenters. The molecule has 1 atom stereocenters. The summed E-state index contributed by atoms with van der Waals surface area (Å²) in [4.78, 5) is 50.3. The molecule has 0 radical (unpaired) electrons. The number of hydrogen-bond donors (Lipinski definition) is 0. The third kappa shape index (κ3) is 5.00. The number of imide groups is 1. The molecule has 0 spiro atoms. The molecule has 5 rings (SSSR count). The summed E-state index contributed by atoms with van der Waals surface area (Å²) in [5, 5.41) is 0. The Labute approximate surface area is 210 Å². The Morgan fingerprint density at radius 2 is 1.66 bits per heavy atom. The van der Waals surface area contributed by atoms with Gasteiger partial charge in [-0.2, -0.15) is 11.8 Å². The van der Waals surface area contributed by atoms with Crippen molar-refractivity contribution in [1.29, 1.82) is 0 Å². The molecule has 3 fully saturated rings. The molecule has 8 heteroatoms. The Morgan fingerprint density at radius 1 is 0.971 bits per heavy atom. The topological polar surface area (TPSA) is 73.8 Å². The summed E-state index contributed by atoms with van der Waals surface area (Å²) < 4.78 is 0. The van der Waals surface area contributed by atoms with Crippen LogP contribution in [0.25, 0.3) is 0 Å². The van der Waals surface area contributed by atoms with Crippen molar-refractivity contribution in [3.63, 3.8) is 0 Å². The van der Waals surface area contributed by atoms with Gasteiger partial charge in [0.2, 0.25) is 17.7 Å². The first kappa shape index (κ1) is 24.0. The van der Waals surface area contributed by atoms with Gasteiger partial charge in [-0.1, -0.05) is 30.3 Å². The number of aromatic nitrogens is 1. The fourth-order valence-electron chi connectivity index (χ4n) is 5.65. The monoisotopic (exact) mass is 492 g/mol. The Hall–Kier alpha value is -2.71. The molecule has 0 bridgehead atoms. The third-order valence-corrected chi connectivity index (χ3v) is 8.60. The Bertz CT molecular complexity index is 1050. The number of thioether (sulfide) groups is 1. The number of carbonyl (C=O) groups is 3. The number of benzene rings is 1. The van der Waals surface area contributed by atoms with Gasteiger partial charge in [-0.15, -0.1) is 0 Å². The second-order valence-electron chi connectivity index (χ2n) is 9.70. The summed E-state index contributed by atoms with van der Waals surface area (Å²) >= 11 is 2.01. The Balaban J connectivity index is 1.32. The largest absolute Gasteiger partial charge is 0.343 e. The van der Waals surface area contributed by atoms with Crippen LogP contribution in [0.3, 0.4) is 0 Å². The van der Waals surface area contributed by atoms with E-state index in [4.69, 9.17) is 0 Å². The van der Waals surface area contributed by atoms with Crippen LogP contribution in [0.2, 0.25) is 0 Å². The van der Waals surface area contributed by atoms with Crippen LogP contribution in [-0.2, 0) is 26.3 Å². The van der Waals surface area contributed by atoms with Crippen LogP contribution in [0.1, 0.15) is 36.8 Å². The standard InChI is InChI=1S/C27H32N4O3S/c32-24(30-12-8-23(9-13-30)29-14-16-35-17-15-29)18-27(22-4-2-1-3-5-22)19-25(33)31(26(27)34)20-21-6-10-28-11-7-21/h1-7,10-11,23H,8-9,12-20H2/t27-/m0/s1. The zero-order valence-electron chi connectivity index (χ0n) is 20.0. The lowest BCUT2D eigenvalue weighted by Gasteiger charge is -2.40. The number of piperidine rings is 1. The average Bonchev–Trinajstić information content (AvgIpc) is 3.15. The predicted molar refractivity (Wildman–Crippen MR) is 136 cm³/mol. The zero-order valence-corrected chi connectivity index (χ0v) is 20.8. The summed E-state index contributed by atoms with van der Waals surface area (Å²) in [5.74, 6) is 1.83. The Kier molecular flexibility index (Phi) is 7.20. The van der Waals surface area contributed by atoms with E-state index in [0.717, 1.165) is 37.1 Å². The quantitative estimate of drug-likeness (QED) is 0.578. The maximum Gasteiger partial charge on any atom is 0.241 e. The van der Waals surface area contributed by atoms with E-state index in [2.05, 4.69) is 9.88 Å². The lowest BCUT2D eigenvalue weighted by molar-refractivity contribution is -0.143. The molecule has 3 aliphatic heterocycles. The van der Waals surface area contributed by atoms with Gasteiger partial charge in [-0.3, -0.25) is 29.2 Å². The molecule has 2 aromatic rings. The highest BCUT2D eigenvalue weighted by Crippen LogP contribution is 2.41. The van der Waals surface area contributed by atoms with Crippen LogP contribution in [0.15, 0.2) is 54.9 Å². The number of nitrogens with zero attached hydrogens (tertiary/aromatic N) is 4. The van der Waals surface area contributed by atoms with Gasteiger partial charge in [0.1, 0.15) is 0 Å². The summed E-state index contributed by atoms with van der Waals surface area (Å²) in [6.07, 6.45) is 5.29. The fourth-order valence-corrected chi connectivity index (χ4v) is 6.58. The lowest BCUT2D eigenvalue weighted by Crippen LogP contribution is -2.50. The van der Waals surface area contributed by atoms with Crippen molar-refractivity contribution < 1.29 is 14.4 Å². The van der Waals surface area contributed by atoms with Crippen LogP contribution in [-0.4, -0.2) is 81.1 Å². The van der Waals surface area contributed by atoms with Gasteiger partial charge < -0.3 is 4.90 Å². The van der Waals surface area contributed by atoms with Crippen molar-refractivity contribution in [2.75, 3.05) is 37.7 Å². The van der Waals surface area contributed by atoms with Gasteiger partial charge in [0, 0.05) is 69.0 Å². The summed E-state index contributed by atoms with van der Waals surface area (Å²) in [6, 6.07) is 13.5. The highest BCUT2D eigenvalue weighted by molar-refractivity contribution is 7.99. The molecule has 7 nitrogen and oxygen atoms in total. The number of carbonyl (C=O) groups excluding carboxylic acids is 3. The minimum Gasteiger partial charge on any atom is -0.343 e. The molecule has 35 heavy (non-hydrogen) atoms. The number of likely N-dealkylation sites (tertiary alicyclic amines) is 2. The fraction of sp³-hybridized carbons (Fsp3) is 0.481. The van der Waals surface area contributed by atoms with Gasteiger partial charge in [0.05, 0.1) is 12.0 Å². The van der Waals surface area contributed by atoms with Crippen molar-refractivity contribution in [3.05, 3.63) is 66.0 Å².